The van der Waals surface area contributed by atoms with Crippen LogP contribution in [0.2, 0.25) is 0 Å². The van der Waals surface area contributed by atoms with E-state index in [0.29, 0.717) is 19.3 Å². The lowest BCUT2D eigenvalue weighted by Gasteiger charge is -2.12. The Balaban J connectivity index is 2.04. The highest BCUT2D eigenvalue weighted by molar-refractivity contribution is 6.30. The van der Waals surface area contributed by atoms with Gasteiger partial charge >= 0.3 is 7.69 Å². The Morgan fingerprint density at radius 1 is 1.00 bits per heavy atom. The lowest BCUT2D eigenvalue weighted by atomic mass is 9.98. The topological polar surface area (TPSA) is 29.6 Å². The van der Waals surface area contributed by atoms with Gasteiger partial charge in [0.05, 0.1) is 0 Å². The van der Waals surface area contributed by atoms with Gasteiger partial charge in [-0.05, 0) is 56.4 Å². The maximum atomic E-state index is 14.3. The van der Waals surface area contributed by atoms with Gasteiger partial charge in [0.15, 0.2) is 5.84 Å². The number of hydrogen-bond donors (Lipinski definition) is 0. The van der Waals surface area contributed by atoms with E-state index in [2.05, 4.69) is 31.8 Å². The molecular weight excluding hydrogens is 360 g/mol. The van der Waals surface area contributed by atoms with Crippen LogP contribution in [0.1, 0.15) is 38.3 Å². The number of halogens is 1. The fourth-order valence-electron chi connectivity index (χ4n) is 4.19. The highest BCUT2D eigenvalue weighted by atomic mass is 19.1. The molecule has 29 heavy (non-hydrogen) atoms. The molecule has 2 aromatic carbocycles. The first-order chi connectivity index (χ1) is 14.0. The Bertz CT molecular complexity index is 1210. The first-order valence-corrected chi connectivity index (χ1v) is 9.95. The summed E-state index contributed by atoms with van der Waals surface area (Å²) >= 11 is 0. The van der Waals surface area contributed by atoms with Crippen molar-refractivity contribution in [3.8, 4) is 11.3 Å². The molecule has 0 N–H and O–H groups in total. The Morgan fingerprint density at radius 3 is 2.38 bits per heavy atom. The largest absolute Gasteiger partial charge is 0.496 e. The maximum Gasteiger partial charge on any atom is 0.496 e. The van der Waals surface area contributed by atoms with Crippen molar-refractivity contribution in [2.24, 2.45) is 9.98 Å². The van der Waals surface area contributed by atoms with E-state index in [1.807, 2.05) is 50.2 Å². The number of nitrogens with zero attached hydrogens (tertiary/aromatic N) is 3. The van der Waals surface area contributed by atoms with Gasteiger partial charge in [0.25, 0.3) is 0 Å². The summed E-state index contributed by atoms with van der Waals surface area (Å²) in [5.41, 5.74) is 7.41. The van der Waals surface area contributed by atoms with Gasteiger partial charge in [-0.15, -0.1) is 0 Å². The second kappa shape index (κ2) is 7.47. The number of hydrogen-bond acceptors (Lipinski definition) is 1. The number of aryl methyl sites for hydroxylation is 1. The second-order valence-electron chi connectivity index (χ2n) is 7.52. The quantitative estimate of drug-likeness (QED) is 0.459. The summed E-state index contributed by atoms with van der Waals surface area (Å²) in [5.74, 6) is 1.24. The Kier molecular flexibility index (Phi) is 4.99. The summed E-state index contributed by atoms with van der Waals surface area (Å²) in [7, 11) is 0.613. The van der Waals surface area contributed by atoms with Crippen molar-refractivity contribution >= 4 is 35.8 Å². The van der Waals surface area contributed by atoms with E-state index >= 15 is 0 Å². The van der Waals surface area contributed by atoms with Crippen molar-refractivity contribution < 1.29 is 4.32 Å². The van der Waals surface area contributed by atoms with E-state index in [4.69, 9.17) is 4.99 Å². The van der Waals surface area contributed by atoms with E-state index in [1.165, 1.54) is 11.1 Å². The van der Waals surface area contributed by atoms with Gasteiger partial charge < -0.3 is 8.79 Å². The van der Waals surface area contributed by atoms with Gasteiger partial charge in [-0.25, -0.2) is 9.98 Å². The van der Waals surface area contributed by atoms with E-state index in [0.717, 1.165) is 45.3 Å². The number of aliphatic imine (C=N–C) groups is 2. The lowest BCUT2D eigenvalue weighted by Crippen LogP contribution is -2.04. The summed E-state index contributed by atoms with van der Waals surface area (Å²) < 4.78 is 15.9. The number of fused-ring (bicyclic) bond motifs is 1. The van der Waals surface area contributed by atoms with Crippen LogP contribution in [0, 0.1) is 13.8 Å². The molecule has 4 rings (SSSR count). The number of benzene rings is 2. The fourth-order valence-corrected chi connectivity index (χ4v) is 4.19. The minimum atomic E-state index is 0.572. The standard InChI is InChI=1S/C24H24BFN3/c1-6-18-16(4)23(27-17(18)5)28-24-21-12-8-7-11-20(21)22(29(24)25-26)19-13-9-10-14(2)15(19)3/h7-13H,6H2,1-5H3/b28-23-. The van der Waals surface area contributed by atoms with Gasteiger partial charge in [0.1, 0.15) is 5.82 Å². The molecule has 145 valence electrons. The smallest absolute Gasteiger partial charge is 0.341 e. The molecule has 3 nitrogen and oxygen atoms in total. The average Bonchev–Trinajstić information content (AvgIpc) is 3.17. The normalized spacial score (nSPS) is 15.5. The Morgan fingerprint density at radius 2 is 1.72 bits per heavy atom. The molecule has 0 amide bonds. The Hall–Kier alpha value is -2.95. The minimum Gasteiger partial charge on any atom is -0.341 e. The summed E-state index contributed by atoms with van der Waals surface area (Å²) in [4.78, 5) is 9.50. The zero-order valence-corrected chi connectivity index (χ0v) is 17.5. The average molecular weight is 384 g/mol. The summed E-state index contributed by atoms with van der Waals surface area (Å²) in [6, 6.07) is 14.1. The molecule has 2 heterocycles. The third kappa shape index (κ3) is 3.05. The molecule has 1 aliphatic rings. The van der Waals surface area contributed by atoms with Crippen LogP contribution in [-0.2, 0) is 0 Å². The first-order valence-electron chi connectivity index (χ1n) is 9.95. The van der Waals surface area contributed by atoms with E-state index in [9.17, 15) is 4.32 Å². The number of allylic oxidation sites excluding steroid dienone is 1. The van der Waals surface area contributed by atoms with Gasteiger partial charge in [0.2, 0.25) is 0 Å². The molecule has 1 radical (unpaired) electrons. The van der Waals surface area contributed by atoms with Gasteiger partial charge in [-0.1, -0.05) is 49.4 Å². The summed E-state index contributed by atoms with van der Waals surface area (Å²) in [6.07, 6.45) is 0.908. The van der Waals surface area contributed by atoms with Crippen LogP contribution in [0.15, 0.2) is 63.6 Å². The first kappa shape index (κ1) is 19.4. The van der Waals surface area contributed by atoms with Crippen molar-refractivity contribution in [2.75, 3.05) is 0 Å². The zero-order valence-electron chi connectivity index (χ0n) is 17.5. The monoisotopic (exact) mass is 384 g/mol. The molecule has 5 heteroatoms. The fraction of sp³-hybridized carbons (Fsp3) is 0.250. The molecule has 0 spiro atoms. The molecule has 0 saturated carbocycles. The number of aromatic nitrogens is 1. The molecule has 0 bridgehead atoms. The van der Waals surface area contributed by atoms with Gasteiger partial charge in [-0.2, -0.15) is 0 Å². The third-order valence-corrected chi connectivity index (χ3v) is 5.91. The van der Waals surface area contributed by atoms with Crippen LogP contribution >= 0.6 is 0 Å². The van der Waals surface area contributed by atoms with Gasteiger partial charge in [0, 0.05) is 27.7 Å². The third-order valence-electron chi connectivity index (χ3n) is 5.91. The highest BCUT2D eigenvalue weighted by Crippen LogP contribution is 2.40. The molecule has 0 saturated heterocycles. The van der Waals surface area contributed by atoms with Crippen molar-refractivity contribution in [3.05, 3.63) is 64.7 Å². The van der Waals surface area contributed by atoms with Crippen LogP contribution in [0.25, 0.3) is 22.0 Å². The SMILES string of the molecule is CCC1=C(C)/C(=N/c2c3ccccc3c(-c3cccc(C)c3C)n2[B]F)N=C1C. The van der Waals surface area contributed by atoms with Gasteiger partial charge in [-0.3, -0.25) is 0 Å². The minimum absolute atomic E-state index is 0.572. The molecule has 3 aromatic rings. The van der Waals surface area contributed by atoms with Crippen molar-refractivity contribution in [2.45, 2.75) is 41.0 Å². The molecule has 0 unspecified atom stereocenters. The number of rotatable bonds is 4. The molecule has 0 aliphatic carbocycles. The molecular formula is C24H24BFN3. The number of amidine groups is 1. The van der Waals surface area contributed by atoms with Crippen LogP contribution in [0.3, 0.4) is 0 Å². The van der Waals surface area contributed by atoms with Crippen molar-refractivity contribution in [1.82, 2.24) is 4.48 Å². The highest BCUT2D eigenvalue weighted by Gasteiger charge is 2.23. The van der Waals surface area contributed by atoms with Crippen LogP contribution < -0.4 is 0 Å². The van der Waals surface area contributed by atoms with E-state index in [-0.39, 0.29) is 0 Å². The van der Waals surface area contributed by atoms with Crippen LogP contribution in [0.4, 0.5) is 10.1 Å². The van der Waals surface area contributed by atoms with Crippen LogP contribution in [-0.4, -0.2) is 23.7 Å². The predicted octanol–water partition coefficient (Wildman–Crippen LogP) is 6.51. The Labute approximate surface area is 172 Å². The summed E-state index contributed by atoms with van der Waals surface area (Å²) in [5, 5.41) is 1.89. The molecule has 1 aromatic heterocycles. The second-order valence-corrected chi connectivity index (χ2v) is 7.52. The summed E-state index contributed by atoms with van der Waals surface area (Å²) in [6.45, 7) is 10.3. The molecule has 0 atom stereocenters. The lowest BCUT2D eigenvalue weighted by molar-refractivity contribution is 0.837. The molecule has 1 aliphatic heterocycles. The predicted molar refractivity (Wildman–Crippen MR) is 122 cm³/mol. The zero-order chi connectivity index (χ0) is 20.7. The molecule has 0 fully saturated rings. The maximum absolute atomic E-state index is 14.3. The van der Waals surface area contributed by atoms with Crippen LogP contribution in [0.5, 0.6) is 0 Å². The van der Waals surface area contributed by atoms with Crippen molar-refractivity contribution in [1.29, 1.82) is 0 Å². The van der Waals surface area contributed by atoms with E-state index < -0.39 is 0 Å². The van der Waals surface area contributed by atoms with Crippen molar-refractivity contribution in [3.63, 3.8) is 0 Å². The van der Waals surface area contributed by atoms with E-state index in [1.54, 1.807) is 4.48 Å².